The normalized spacial score (nSPS) is 22.1. The predicted octanol–water partition coefficient (Wildman–Crippen LogP) is 5.71. The van der Waals surface area contributed by atoms with E-state index in [2.05, 4.69) is 103 Å². The number of benzene rings is 3. The van der Waals surface area contributed by atoms with Gasteiger partial charge < -0.3 is 15.0 Å². The molecular formula is C31H35N3O. The summed E-state index contributed by atoms with van der Waals surface area (Å²) in [6.45, 7) is 4.55. The molecule has 4 nitrogen and oxygen atoms in total. The Morgan fingerprint density at radius 1 is 0.829 bits per heavy atom. The first kappa shape index (κ1) is 23.5. The summed E-state index contributed by atoms with van der Waals surface area (Å²) in [5, 5.41) is 15.3. The van der Waals surface area contributed by atoms with E-state index in [4.69, 9.17) is 4.98 Å². The number of aromatic nitrogens is 2. The van der Waals surface area contributed by atoms with Crippen LogP contribution < -0.4 is 5.32 Å². The van der Waals surface area contributed by atoms with Crippen LogP contribution in [0.5, 0.6) is 0 Å². The van der Waals surface area contributed by atoms with Crippen molar-refractivity contribution in [2.45, 2.75) is 50.3 Å². The monoisotopic (exact) mass is 465 g/mol. The molecule has 1 heterocycles. The van der Waals surface area contributed by atoms with E-state index in [1.54, 1.807) is 0 Å². The van der Waals surface area contributed by atoms with Gasteiger partial charge in [-0.25, -0.2) is 4.98 Å². The topological polar surface area (TPSA) is 50.1 Å². The number of hydrogen-bond acceptors (Lipinski definition) is 3. The molecule has 1 saturated carbocycles. The van der Waals surface area contributed by atoms with Crippen LogP contribution in [0.15, 0.2) is 104 Å². The highest BCUT2D eigenvalue weighted by molar-refractivity contribution is 5.50. The molecule has 0 saturated heterocycles. The summed E-state index contributed by atoms with van der Waals surface area (Å²) in [7, 11) is 1.99. The summed E-state index contributed by atoms with van der Waals surface area (Å²) in [5.74, 6) is 0. The lowest BCUT2D eigenvalue weighted by atomic mass is 9.66. The van der Waals surface area contributed by atoms with Crippen molar-refractivity contribution in [1.29, 1.82) is 0 Å². The van der Waals surface area contributed by atoms with E-state index in [9.17, 15) is 5.11 Å². The maximum Gasteiger partial charge on any atom is 0.121 e. The van der Waals surface area contributed by atoms with Crippen LogP contribution in [0.3, 0.4) is 0 Å². The van der Waals surface area contributed by atoms with Gasteiger partial charge in [0.25, 0.3) is 0 Å². The van der Waals surface area contributed by atoms with Gasteiger partial charge in [-0.3, -0.25) is 0 Å². The molecule has 2 N–H and O–H groups in total. The van der Waals surface area contributed by atoms with E-state index in [0.29, 0.717) is 12.8 Å². The zero-order chi connectivity index (χ0) is 24.5. The molecule has 0 amide bonds. The number of aliphatic hydroxyl groups is 1. The minimum Gasteiger partial charge on any atom is -0.383 e. The second-order valence-corrected chi connectivity index (χ2v) is 10.5. The van der Waals surface area contributed by atoms with Gasteiger partial charge in [0, 0.05) is 12.2 Å². The van der Waals surface area contributed by atoms with Crippen molar-refractivity contribution >= 4 is 0 Å². The van der Waals surface area contributed by atoms with Gasteiger partial charge in [0.05, 0.1) is 12.0 Å². The molecule has 2 unspecified atom stereocenters. The van der Waals surface area contributed by atoms with Crippen LogP contribution in [-0.4, -0.2) is 27.7 Å². The van der Waals surface area contributed by atoms with Crippen LogP contribution >= 0.6 is 0 Å². The van der Waals surface area contributed by atoms with Gasteiger partial charge in [-0.2, -0.15) is 0 Å². The van der Waals surface area contributed by atoms with Crippen LogP contribution in [-0.2, 0) is 11.1 Å². The number of rotatable bonds is 6. The van der Waals surface area contributed by atoms with Gasteiger partial charge in [0.1, 0.15) is 11.1 Å². The summed E-state index contributed by atoms with van der Waals surface area (Å²) in [6, 6.07) is 31.9. The molecule has 1 aromatic heterocycles. The third-order valence-electron chi connectivity index (χ3n) is 8.04. The summed E-state index contributed by atoms with van der Waals surface area (Å²) < 4.78 is 2.19. The maximum atomic E-state index is 11.9. The van der Waals surface area contributed by atoms with Gasteiger partial charge >= 0.3 is 0 Å². The minimum atomic E-state index is -0.968. The Balaban J connectivity index is 1.70. The van der Waals surface area contributed by atoms with E-state index in [0.717, 1.165) is 28.8 Å². The lowest BCUT2D eigenvalue weighted by molar-refractivity contribution is -0.0505. The average Bonchev–Trinajstić information content (AvgIpc) is 3.40. The minimum absolute atomic E-state index is 0.130. The second-order valence-electron chi connectivity index (χ2n) is 10.5. The summed E-state index contributed by atoms with van der Waals surface area (Å²) in [4.78, 5) is 4.86. The molecule has 1 fully saturated rings. The molecule has 0 radical (unpaired) electrons. The lowest BCUT2D eigenvalue weighted by Gasteiger charge is -2.45. The summed E-state index contributed by atoms with van der Waals surface area (Å²) in [5.41, 5.74) is 2.71. The number of imidazole rings is 1. The third kappa shape index (κ3) is 4.01. The van der Waals surface area contributed by atoms with Gasteiger partial charge in [0.15, 0.2) is 0 Å². The summed E-state index contributed by atoms with van der Waals surface area (Å²) >= 11 is 0. The predicted molar refractivity (Wildman–Crippen MR) is 141 cm³/mol. The van der Waals surface area contributed by atoms with E-state index in [1.165, 1.54) is 0 Å². The molecule has 0 spiro atoms. The SMILES string of the molecule is CNC1CC(O)(c2cn(C(c3ccccc3)(c3ccccc3)c3ccccc3)cn2)CCC1(C)C. The molecule has 0 aliphatic heterocycles. The maximum absolute atomic E-state index is 11.9. The molecule has 35 heavy (non-hydrogen) atoms. The molecule has 1 aliphatic carbocycles. The smallest absolute Gasteiger partial charge is 0.121 e. The molecule has 3 aromatic carbocycles. The van der Waals surface area contributed by atoms with Crippen molar-refractivity contribution in [3.63, 3.8) is 0 Å². The fourth-order valence-corrected chi connectivity index (χ4v) is 5.88. The fourth-order valence-electron chi connectivity index (χ4n) is 5.88. The second kappa shape index (κ2) is 9.10. The Hall–Kier alpha value is -3.21. The zero-order valence-electron chi connectivity index (χ0n) is 20.9. The van der Waals surface area contributed by atoms with Crippen LogP contribution in [0.1, 0.15) is 55.5 Å². The van der Waals surface area contributed by atoms with Gasteiger partial charge in [-0.15, -0.1) is 0 Å². The van der Waals surface area contributed by atoms with Crippen LogP contribution in [0, 0.1) is 5.41 Å². The Morgan fingerprint density at radius 2 is 1.31 bits per heavy atom. The Labute approximate surface area is 208 Å². The van der Waals surface area contributed by atoms with Gasteiger partial charge in [-0.1, -0.05) is 105 Å². The summed E-state index contributed by atoms with van der Waals surface area (Å²) in [6.07, 6.45) is 6.24. The molecule has 180 valence electrons. The first-order valence-electron chi connectivity index (χ1n) is 12.5. The number of hydrogen-bond donors (Lipinski definition) is 2. The molecule has 5 rings (SSSR count). The van der Waals surface area contributed by atoms with Crippen LogP contribution in [0.25, 0.3) is 0 Å². The Bertz CT molecular complexity index is 1150. The Morgan fingerprint density at radius 3 is 1.77 bits per heavy atom. The highest BCUT2D eigenvalue weighted by Gasteiger charge is 2.46. The first-order chi connectivity index (χ1) is 16.9. The molecule has 4 aromatic rings. The zero-order valence-corrected chi connectivity index (χ0v) is 20.9. The molecule has 4 heteroatoms. The van der Waals surface area contributed by atoms with Crippen molar-refractivity contribution in [3.8, 4) is 0 Å². The fraction of sp³-hybridized carbons (Fsp3) is 0.323. The third-order valence-corrected chi connectivity index (χ3v) is 8.04. The first-order valence-corrected chi connectivity index (χ1v) is 12.5. The quantitative estimate of drug-likeness (QED) is 0.359. The standard InChI is InChI=1S/C31H35N3O/c1-29(2)19-20-30(35,21-27(29)32-3)28-22-34(23-33-28)31(24-13-7-4-8-14-24,25-15-9-5-10-16-25)26-17-11-6-12-18-26/h4-18,22-23,27,32,35H,19-21H2,1-3H3. The van der Waals surface area contributed by atoms with E-state index >= 15 is 0 Å². The molecule has 0 bridgehead atoms. The van der Waals surface area contributed by atoms with Crippen LogP contribution in [0.2, 0.25) is 0 Å². The molecule has 1 aliphatic rings. The van der Waals surface area contributed by atoms with Crippen molar-refractivity contribution in [2.75, 3.05) is 7.05 Å². The van der Waals surface area contributed by atoms with Crippen molar-refractivity contribution in [3.05, 3.63) is 126 Å². The van der Waals surface area contributed by atoms with Crippen LogP contribution in [0.4, 0.5) is 0 Å². The van der Waals surface area contributed by atoms with Gasteiger partial charge in [-0.05, 0) is 48.4 Å². The van der Waals surface area contributed by atoms with Gasteiger partial charge in [0.2, 0.25) is 0 Å². The van der Waals surface area contributed by atoms with E-state index in [1.807, 2.05) is 31.6 Å². The number of nitrogens with zero attached hydrogens (tertiary/aromatic N) is 2. The number of nitrogens with one attached hydrogen (secondary N) is 1. The van der Waals surface area contributed by atoms with Crippen molar-refractivity contribution < 1.29 is 5.11 Å². The molecule has 2 atom stereocenters. The lowest BCUT2D eigenvalue weighted by Crippen LogP contribution is -2.50. The van der Waals surface area contributed by atoms with Crippen molar-refractivity contribution in [2.24, 2.45) is 5.41 Å². The molecular weight excluding hydrogens is 430 g/mol. The highest BCUT2D eigenvalue weighted by Crippen LogP contribution is 2.46. The van der Waals surface area contributed by atoms with E-state index in [-0.39, 0.29) is 11.5 Å². The average molecular weight is 466 g/mol. The highest BCUT2D eigenvalue weighted by atomic mass is 16.3. The van der Waals surface area contributed by atoms with E-state index < -0.39 is 11.1 Å². The Kier molecular flexibility index (Phi) is 6.12. The largest absolute Gasteiger partial charge is 0.383 e. The van der Waals surface area contributed by atoms with Crippen molar-refractivity contribution in [1.82, 2.24) is 14.9 Å².